The molecular formula is C25H19N3O3. The second kappa shape index (κ2) is 7.32. The van der Waals surface area contributed by atoms with Crippen LogP contribution < -0.4 is 9.91 Å². The zero-order chi connectivity index (χ0) is 21.5. The molecule has 0 N–H and O–H groups in total. The number of imide groups is 1. The third kappa shape index (κ3) is 3.04. The second-order valence-electron chi connectivity index (χ2n) is 7.63. The Morgan fingerprint density at radius 1 is 0.774 bits per heavy atom. The fourth-order valence-electron chi connectivity index (χ4n) is 4.08. The van der Waals surface area contributed by atoms with E-state index in [0.717, 1.165) is 5.56 Å². The van der Waals surface area contributed by atoms with Crippen molar-refractivity contribution in [1.82, 2.24) is 0 Å². The third-order valence-corrected chi connectivity index (χ3v) is 5.63. The van der Waals surface area contributed by atoms with Gasteiger partial charge in [0, 0.05) is 5.56 Å². The number of hydrogen-bond acceptors (Lipinski definition) is 5. The van der Waals surface area contributed by atoms with Crippen molar-refractivity contribution >= 4 is 34.7 Å². The summed E-state index contributed by atoms with van der Waals surface area (Å²) in [6, 6.07) is 24.1. The molecule has 0 radical (unpaired) electrons. The highest BCUT2D eigenvalue weighted by Crippen LogP contribution is 2.38. The minimum atomic E-state index is -0.957. The molecule has 2 amide bonds. The molecule has 0 aliphatic carbocycles. The van der Waals surface area contributed by atoms with Crippen LogP contribution in [-0.2, 0) is 9.59 Å². The summed E-state index contributed by atoms with van der Waals surface area (Å²) in [5, 5.41) is 6.00. The second-order valence-corrected chi connectivity index (χ2v) is 7.63. The van der Waals surface area contributed by atoms with Crippen LogP contribution in [0.15, 0.2) is 90.0 Å². The molecule has 0 unspecified atom stereocenters. The van der Waals surface area contributed by atoms with E-state index in [2.05, 4.69) is 5.10 Å². The molecule has 31 heavy (non-hydrogen) atoms. The number of fused-ring (bicyclic) bond motifs is 1. The SMILES string of the molecule is Cc1ccc(N2C(=O)[C@H]3C(C(=O)c4ccccc4)=NN(c4ccccc4)[C@@H]3C2=O)cc1. The highest BCUT2D eigenvalue weighted by atomic mass is 16.2. The lowest BCUT2D eigenvalue weighted by atomic mass is 9.92. The van der Waals surface area contributed by atoms with Crippen molar-refractivity contribution in [2.75, 3.05) is 9.91 Å². The van der Waals surface area contributed by atoms with E-state index in [1.165, 1.54) is 9.91 Å². The number of carbonyl (C=O) groups excluding carboxylic acids is 3. The number of nitrogens with zero attached hydrogens (tertiary/aromatic N) is 3. The van der Waals surface area contributed by atoms with Gasteiger partial charge in [0.2, 0.25) is 11.7 Å². The number of para-hydroxylation sites is 1. The molecule has 0 bridgehead atoms. The molecule has 2 atom stereocenters. The molecule has 6 heteroatoms. The highest BCUT2D eigenvalue weighted by Gasteiger charge is 2.58. The Morgan fingerprint density at radius 2 is 1.39 bits per heavy atom. The van der Waals surface area contributed by atoms with Crippen molar-refractivity contribution < 1.29 is 14.4 Å². The number of Topliss-reactive ketones (excluding diaryl/α,β-unsaturated/α-hetero) is 1. The summed E-state index contributed by atoms with van der Waals surface area (Å²) in [6.07, 6.45) is 0. The van der Waals surface area contributed by atoms with Gasteiger partial charge in [-0.25, -0.2) is 4.90 Å². The van der Waals surface area contributed by atoms with E-state index in [1.807, 2.05) is 55.5 Å². The van der Waals surface area contributed by atoms with Crippen molar-refractivity contribution in [3.05, 3.63) is 96.1 Å². The monoisotopic (exact) mass is 409 g/mol. The maximum atomic E-state index is 13.5. The predicted octanol–water partition coefficient (Wildman–Crippen LogP) is 3.61. The summed E-state index contributed by atoms with van der Waals surface area (Å²) in [7, 11) is 0. The molecule has 0 spiro atoms. The predicted molar refractivity (Wildman–Crippen MR) is 118 cm³/mol. The number of carbonyl (C=O) groups is 3. The molecule has 0 aromatic heterocycles. The van der Waals surface area contributed by atoms with Gasteiger partial charge < -0.3 is 0 Å². The number of aryl methyl sites for hydroxylation is 1. The summed E-state index contributed by atoms with van der Waals surface area (Å²) >= 11 is 0. The normalized spacial score (nSPS) is 20.1. The van der Waals surface area contributed by atoms with Crippen LogP contribution in [0.5, 0.6) is 0 Å². The first-order chi connectivity index (χ1) is 15.1. The molecule has 1 fully saturated rings. The summed E-state index contributed by atoms with van der Waals surface area (Å²) in [5.41, 5.74) is 2.70. The molecule has 6 nitrogen and oxygen atoms in total. The molecule has 5 rings (SSSR count). The van der Waals surface area contributed by atoms with Gasteiger partial charge in [-0.15, -0.1) is 0 Å². The van der Waals surface area contributed by atoms with Crippen molar-refractivity contribution in [1.29, 1.82) is 0 Å². The van der Waals surface area contributed by atoms with Crippen molar-refractivity contribution in [3.63, 3.8) is 0 Å². The largest absolute Gasteiger partial charge is 0.287 e. The van der Waals surface area contributed by atoms with Crippen LogP contribution in [0.1, 0.15) is 15.9 Å². The van der Waals surface area contributed by atoms with Crippen LogP contribution in [0.4, 0.5) is 11.4 Å². The first-order valence-electron chi connectivity index (χ1n) is 10.0. The number of anilines is 2. The Morgan fingerprint density at radius 3 is 2.03 bits per heavy atom. The number of hydrazone groups is 1. The fraction of sp³-hybridized carbons (Fsp3) is 0.120. The van der Waals surface area contributed by atoms with Crippen molar-refractivity contribution in [2.24, 2.45) is 11.0 Å². The highest BCUT2D eigenvalue weighted by molar-refractivity contribution is 6.53. The number of benzene rings is 3. The van der Waals surface area contributed by atoms with E-state index in [0.29, 0.717) is 16.9 Å². The molecule has 152 valence electrons. The molecule has 0 saturated carbocycles. The molecule has 2 aliphatic rings. The number of hydrogen-bond donors (Lipinski definition) is 0. The van der Waals surface area contributed by atoms with Gasteiger partial charge in [-0.05, 0) is 31.2 Å². The Bertz CT molecular complexity index is 1200. The molecule has 3 aromatic carbocycles. The van der Waals surface area contributed by atoms with Crippen molar-refractivity contribution in [3.8, 4) is 0 Å². The molecule has 2 aliphatic heterocycles. The van der Waals surface area contributed by atoms with Gasteiger partial charge in [0.05, 0.1) is 11.4 Å². The maximum absolute atomic E-state index is 13.5. The molecule has 3 aromatic rings. The first kappa shape index (κ1) is 18.9. The van der Waals surface area contributed by atoms with E-state index in [4.69, 9.17) is 0 Å². The third-order valence-electron chi connectivity index (χ3n) is 5.63. The Labute approximate surface area is 179 Å². The van der Waals surface area contributed by atoms with Gasteiger partial charge in [-0.2, -0.15) is 5.10 Å². The summed E-state index contributed by atoms with van der Waals surface area (Å²) in [4.78, 5) is 41.3. The van der Waals surface area contributed by atoms with E-state index in [1.54, 1.807) is 36.4 Å². The molecular weight excluding hydrogens is 390 g/mol. The first-order valence-corrected chi connectivity index (χ1v) is 10.0. The fourth-order valence-corrected chi connectivity index (χ4v) is 4.08. The summed E-state index contributed by atoms with van der Waals surface area (Å²) in [6.45, 7) is 1.94. The Hall–Kier alpha value is -4.06. The van der Waals surface area contributed by atoms with Crippen LogP contribution >= 0.6 is 0 Å². The topological polar surface area (TPSA) is 70.1 Å². The smallest absolute Gasteiger partial charge is 0.259 e. The Kier molecular flexibility index (Phi) is 4.47. The molecule has 1 saturated heterocycles. The maximum Gasteiger partial charge on any atom is 0.259 e. The van der Waals surface area contributed by atoms with Crippen LogP contribution in [0.2, 0.25) is 0 Å². The van der Waals surface area contributed by atoms with Gasteiger partial charge in [-0.3, -0.25) is 19.4 Å². The number of ketones is 1. The van der Waals surface area contributed by atoms with Crippen LogP contribution in [0, 0.1) is 12.8 Å². The van der Waals surface area contributed by atoms with Gasteiger partial charge in [-0.1, -0.05) is 66.2 Å². The average molecular weight is 409 g/mol. The van der Waals surface area contributed by atoms with E-state index in [9.17, 15) is 14.4 Å². The van der Waals surface area contributed by atoms with E-state index < -0.39 is 17.9 Å². The summed E-state index contributed by atoms with van der Waals surface area (Å²) in [5.74, 6) is -2.12. The lowest BCUT2D eigenvalue weighted by Crippen LogP contribution is -2.39. The zero-order valence-electron chi connectivity index (χ0n) is 16.8. The van der Waals surface area contributed by atoms with E-state index >= 15 is 0 Å². The average Bonchev–Trinajstić information content (AvgIpc) is 3.32. The lowest BCUT2D eigenvalue weighted by Gasteiger charge is -2.22. The van der Waals surface area contributed by atoms with E-state index in [-0.39, 0.29) is 17.4 Å². The van der Waals surface area contributed by atoms with Crippen LogP contribution in [0.25, 0.3) is 0 Å². The number of rotatable bonds is 4. The van der Waals surface area contributed by atoms with Gasteiger partial charge in [0.15, 0.2) is 0 Å². The van der Waals surface area contributed by atoms with Gasteiger partial charge >= 0.3 is 0 Å². The van der Waals surface area contributed by atoms with Crippen LogP contribution in [-0.4, -0.2) is 29.4 Å². The molecule has 2 heterocycles. The van der Waals surface area contributed by atoms with Gasteiger partial charge in [0.1, 0.15) is 17.7 Å². The van der Waals surface area contributed by atoms with Crippen LogP contribution in [0.3, 0.4) is 0 Å². The standard InChI is InChI=1S/C25H19N3O3/c1-16-12-14-18(15-13-16)27-24(30)20-21(23(29)17-8-4-2-5-9-17)26-28(22(20)25(27)31)19-10-6-3-7-11-19/h2-15,20,22H,1H3/t20-,22-/m0/s1. The zero-order valence-corrected chi connectivity index (χ0v) is 16.8. The quantitative estimate of drug-likeness (QED) is 0.488. The summed E-state index contributed by atoms with van der Waals surface area (Å²) < 4.78 is 0. The lowest BCUT2D eigenvalue weighted by molar-refractivity contribution is -0.121. The van der Waals surface area contributed by atoms with Gasteiger partial charge in [0.25, 0.3) is 5.91 Å². The number of amides is 2. The minimum absolute atomic E-state index is 0.0908. The Balaban J connectivity index is 1.61. The minimum Gasteiger partial charge on any atom is -0.287 e. The van der Waals surface area contributed by atoms with Crippen molar-refractivity contribution in [2.45, 2.75) is 13.0 Å².